The lowest BCUT2D eigenvalue weighted by Crippen LogP contribution is -2.51. The Bertz CT molecular complexity index is 1030. The van der Waals surface area contributed by atoms with Crippen LogP contribution in [0.1, 0.15) is 19.4 Å². The van der Waals surface area contributed by atoms with Crippen LogP contribution in [0.4, 0.5) is 10.1 Å². The van der Waals surface area contributed by atoms with Gasteiger partial charge in [-0.1, -0.05) is 29.8 Å². The van der Waals surface area contributed by atoms with Crippen molar-refractivity contribution in [3.63, 3.8) is 0 Å². The van der Waals surface area contributed by atoms with Crippen LogP contribution in [-0.4, -0.2) is 50.5 Å². The molecule has 0 fully saturated rings. The summed E-state index contributed by atoms with van der Waals surface area (Å²) in [5, 5.41) is 3.08. The minimum absolute atomic E-state index is 0.0117. The molecule has 0 aliphatic rings. The summed E-state index contributed by atoms with van der Waals surface area (Å²) in [5.41, 5.74) is 0.752. The normalized spacial score (nSPS) is 12.2. The first kappa shape index (κ1) is 24.6. The molecule has 1 N–H and O–H groups in total. The second-order valence-electron chi connectivity index (χ2n) is 6.93. The molecule has 0 saturated heterocycles. The molecular formula is C21H25ClFN3O4S. The van der Waals surface area contributed by atoms with Gasteiger partial charge in [-0.3, -0.25) is 13.9 Å². The molecule has 168 valence electrons. The molecule has 0 radical (unpaired) electrons. The standard InChI is InChI=1S/C21H25ClFN3O4S/c1-4-24-21(28)15(2)25(13-16-7-5-6-8-19(16)22)20(27)14-26(31(3,29)30)18-11-9-17(23)10-12-18/h5-12,15H,4,13-14H2,1-3H3,(H,24,28)/t15-/m1/s1. The highest BCUT2D eigenvalue weighted by Crippen LogP contribution is 2.21. The first-order chi connectivity index (χ1) is 14.5. The van der Waals surface area contributed by atoms with Crippen molar-refractivity contribution in [2.45, 2.75) is 26.4 Å². The van der Waals surface area contributed by atoms with Crippen LogP contribution in [0.25, 0.3) is 0 Å². The van der Waals surface area contributed by atoms with Crippen molar-refractivity contribution in [1.82, 2.24) is 10.2 Å². The number of halogens is 2. The van der Waals surface area contributed by atoms with Crippen LogP contribution >= 0.6 is 11.6 Å². The smallest absolute Gasteiger partial charge is 0.244 e. The summed E-state index contributed by atoms with van der Waals surface area (Å²) < 4.78 is 38.9. The van der Waals surface area contributed by atoms with Gasteiger partial charge in [0.15, 0.2) is 0 Å². The van der Waals surface area contributed by atoms with E-state index >= 15 is 0 Å². The third-order valence-corrected chi connectivity index (χ3v) is 6.12. The van der Waals surface area contributed by atoms with Crippen LogP contribution in [0.2, 0.25) is 5.02 Å². The Hall–Kier alpha value is -2.65. The first-order valence-corrected chi connectivity index (χ1v) is 11.8. The maximum Gasteiger partial charge on any atom is 0.244 e. The van der Waals surface area contributed by atoms with E-state index in [4.69, 9.17) is 11.6 Å². The van der Waals surface area contributed by atoms with Crippen molar-refractivity contribution in [2.75, 3.05) is 23.7 Å². The molecule has 2 amide bonds. The zero-order valence-corrected chi connectivity index (χ0v) is 19.1. The number of carbonyl (C=O) groups is 2. The van der Waals surface area contributed by atoms with Crippen molar-refractivity contribution in [3.8, 4) is 0 Å². The number of anilines is 1. The number of amides is 2. The van der Waals surface area contributed by atoms with Gasteiger partial charge < -0.3 is 10.2 Å². The molecule has 7 nitrogen and oxygen atoms in total. The van der Waals surface area contributed by atoms with Crippen LogP contribution in [-0.2, 0) is 26.2 Å². The molecule has 0 bridgehead atoms. The number of likely N-dealkylation sites (N-methyl/N-ethyl adjacent to an activating group) is 1. The van der Waals surface area contributed by atoms with Crippen molar-refractivity contribution in [3.05, 3.63) is 64.9 Å². The number of hydrogen-bond donors (Lipinski definition) is 1. The Kier molecular flexibility index (Phi) is 8.41. The Balaban J connectivity index is 2.38. The molecule has 0 spiro atoms. The van der Waals surface area contributed by atoms with Gasteiger partial charge in [0.25, 0.3) is 0 Å². The van der Waals surface area contributed by atoms with Crippen LogP contribution in [0.15, 0.2) is 48.5 Å². The van der Waals surface area contributed by atoms with Gasteiger partial charge in [0.1, 0.15) is 18.4 Å². The molecule has 0 unspecified atom stereocenters. The molecule has 2 aromatic carbocycles. The maximum absolute atomic E-state index is 13.3. The van der Waals surface area contributed by atoms with E-state index in [0.29, 0.717) is 17.1 Å². The largest absolute Gasteiger partial charge is 0.355 e. The Labute approximate surface area is 186 Å². The van der Waals surface area contributed by atoms with E-state index in [-0.39, 0.29) is 18.1 Å². The van der Waals surface area contributed by atoms with Crippen LogP contribution in [0, 0.1) is 5.82 Å². The molecule has 0 aromatic heterocycles. The highest BCUT2D eigenvalue weighted by molar-refractivity contribution is 7.92. The molecule has 2 rings (SSSR count). The Morgan fingerprint density at radius 2 is 1.74 bits per heavy atom. The number of carbonyl (C=O) groups excluding carboxylic acids is 2. The average molecular weight is 470 g/mol. The summed E-state index contributed by atoms with van der Waals surface area (Å²) in [6.07, 6.45) is 0.954. The summed E-state index contributed by atoms with van der Waals surface area (Å²) in [6, 6.07) is 10.8. The number of nitrogens with zero attached hydrogens (tertiary/aromatic N) is 2. The van der Waals surface area contributed by atoms with E-state index in [1.54, 1.807) is 38.1 Å². The molecule has 0 aliphatic heterocycles. The number of hydrogen-bond acceptors (Lipinski definition) is 4. The molecule has 0 aliphatic carbocycles. The van der Waals surface area contributed by atoms with Gasteiger partial charge in [0.2, 0.25) is 21.8 Å². The summed E-state index contributed by atoms with van der Waals surface area (Å²) in [4.78, 5) is 26.9. The SMILES string of the molecule is CCNC(=O)[C@@H](C)N(Cc1ccccc1Cl)C(=O)CN(c1ccc(F)cc1)S(C)(=O)=O. The fourth-order valence-electron chi connectivity index (χ4n) is 2.94. The molecule has 1 atom stereocenters. The third-order valence-electron chi connectivity index (χ3n) is 4.61. The molecule has 2 aromatic rings. The van der Waals surface area contributed by atoms with Gasteiger partial charge in [-0.15, -0.1) is 0 Å². The van der Waals surface area contributed by atoms with Crippen LogP contribution in [0.3, 0.4) is 0 Å². The van der Waals surface area contributed by atoms with E-state index in [2.05, 4.69) is 5.32 Å². The van der Waals surface area contributed by atoms with E-state index in [0.717, 1.165) is 22.7 Å². The molecule has 31 heavy (non-hydrogen) atoms. The van der Waals surface area contributed by atoms with Gasteiger partial charge in [-0.05, 0) is 49.7 Å². The monoisotopic (exact) mass is 469 g/mol. The predicted molar refractivity (Wildman–Crippen MR) is 119 cm³/mol. The molecule has 0 heterocycles. The van der Waals surface area contributed by atoms with Gasteiger partial charge in [-0.25, -0.2) is 12.8 Å². The maximum atomic E-state index is 13.3. The van der Waals surface area contributed by atoms with E-state index in [9.17, 15) is 22.4 Å². The lowest BCUT2D eigenvalue weighted by molar-refractivity contribution is -0.139. The van der Waals surface area contributed by atoms with Crippen molar-refractivity contribution in [2.24, 2.45) is 0 Å². The zero-order chi connectivity index (χ0) is 23.2. The quantitative estimate of drug-likeness (QED) is 0.611. The number of benzene rings is 2. The highest BCUT2D eigenvalue weighted by Gasteiger charge is 2.30. The van der Waals surface area contributed by atoms with E-state index < -0.39 is 34.3 Å². The Morgan fingerprint density at radius 3 is 2.29 bits per heavy atom. The van der Waals surface area contributed by atoms with Crippen LogP contribution in [0.5, 0.6) is 0 Å². The lowest BCUT2D eigenvalue weighted by Gasteiger charge is -2.31. The zero-order valence-electron chi connectivity index (χ0n) is 17.5. The van der Waals surface area contributed by atoms with Crippen molar-refractivity contribution < 1.29 is 22.4 Å². The number of nitrogens with one attached hydrogen (secondary N) is 1. The fraction of sp³-hybridized carbons (Fsp3) is 0.333. The van der Waals surface area contributed by atoms with Crippen molar-refractivity contribution >= 4 is 39.1 Å². The van der Waals surface area contributed by atoms with E-state index in [1.807, 2.05) is 0 Å². The number of rotatable bonds is 9. The topological polar surface area (TPSA) is 86.8 Å². The summed E-state index contributed by atoms with van der Waals surface area (Å²) in [7, 11) is -3.86. The van der Waals surface area contributed by atoms with Crippen LogP contribution < -0.4 is 9.62 Å². The van der Waals surface area contributed by atoms with Crippen molar-refractivity contribution in [1.29, 1.82) is 0 Å². The Morgan fingerprint density at radius 1 is 1.13 bits per heavy atom. The predicted octanol–water partition coefficient (Wildman–Crippen LogP) is 2.80. The minimum Gasteiger partial charge on any atom is -0.355 e. The summed E-state index contributed by atoms with van der Waals surface area (Å²) in [5.74, 6) is -1.52. The summed E-state index contributed by atoms with van der Waals surface area (Å²) >= 11 is 6.23. The van der Waals surface area contributed by atoms with Gasteiger partial charge in [-0.2, -0.15) is 0 Å². The molecule has 10 heteroatoms. The van der Waals surface area contributed by atoms with Gasteiger partial charge >= 0.3 is 0 Å². The van der Waals surface area contributed by atoms with Gasteiger partial charge in [0.05, 0.1) is 11.9 Å². The van der Waals surface area contributed by atoms with Gasteiger partial charge in [0, 0.05) is 18.1 Å². The second kappa shape index (κ2) is 10.6. The fourth-order valence-corrected chi connectivity index (χ4v) is 3.98. The molecular weight excluding hydrogens is 445 g/mol. The summed E-state index contributed by atoms with van der Waals surface area (Å²) in [6.45, 7) is 3.14. The minimum atomic E-state index is -3.86. The van der Waals surface area contributed by atoms with E-state index in [1.165, 1.54) is 17.0 Å². The number of sulfonamides is 1. The lowest BCUT2D eigenvalue weighted by atomic mass is 10.1. The average Bonchev–Trinajstić information content (AvgIpc) is 2.71. The first-order valence-electron chi connectivity index (χ1n) is 9.58. The highest BCUT2D eigenvalue weighted by atomic mass is 35.5. The molecule has 0 saturated carbocycles. The third kappa shape index (κ3) is 6.67. The second-order valence-corrected chi connectivity index (χ2v) is 9.24.